The standard InChI is InChI=1S/C15H18N4O3S/c1-9-6-10(2)8-11(7-9)13-18-19-15(23-13)17-14(22)16-5-3-4-12(20)21/h6-8H,3-5H2,1-2H3,(H,20,21)(H2,16,17,19,22). The Morgan fingerprint density at radius 2 is 1.87 bits per heavy atom. The van der Waals surface area contributed by atoms with Gasteiger partial charge in [-0.05, 0) is 32.4 Å². The number of hydrogen-bond acceptors (Lipinski definition) is 5. The highest BCUT2D eigenvalue weighted by Crippen LogP contribution is 2.27. The van der Waals surface area contributed by atoms with Gasteiger partial charge in [0.2, 0.25) is 5.13 Å². The summed E-state index contributed by atoms with van der Waals surface area (Å²) in [5, 5.41) is 22.9. The van der Waals surface area contributed by atoms with Crippen molar-refractivity contribution in [3.8, 4) is 10.6 Å². The number of amides is 2. The number of carbonyl (C=O) groups is 2. The molecule has 2 aromatic rings. The molecule has 0 radical (unpaired) electrons. The Labute approximate surface area is 137 Å². The number of hydrogen-bond donors (Lipinski definition) is 3. The summed E-state index contributed by atoms with van der Waals surface area (Å²) in [5.41, 5.74) is 3.25. The Morgan fingerprint density at radius 3 is 2.52 bits per heavy atom. The number of nitrogens with zero attached hydrogens (tertiary/aromatic N) is 2. The first-order valence-electron chi connectivity index (χ1n) is 7.13. The molecule has 2 amide bonds. The number of aromatic nitrogens is 2. The Morgan fingerprint density at radius 1 is 1.17 bits per heavy atom. The third kappa shape index (κ3) is 5.33. The van der Waals surface area contributed by atoms with E-state index < -0.39 is 12.0 Å². The molecular weight excluding hydrogens is 316 g/mol. The number of urea groups is 1. The molecule has 23 heavy (non-hydrogen) atoms. The van der Waals surface area contributed by atoms with Crippen LogP contribution in [0.1, 0.15) is 24.0 Å². The van der Waals surface area contributed by atoms with Crippen molar-refractivity contribution in [1.82, 2.24) is 15.5 Å². The van der Waals surface area contributed by atoms with Gasteiger partial charge in [0.1, 0.15) is 5.01 Å². The molecule has 0 saturated carbocycles. The Hall–Kier alpha value is -2.48. The minimum atomic E-state index is -0.880. The second kappa shape index (κ2) is 7.68. The van der Waals surface area contributed by atoms with Crippen LogP contribution in [0.2, 0.25) is 0 Å². The zero-order chi connectivity index (χ0) is 16.8. The molecule has 0 atom stereocenters. The van der Waals surface area contributed by atoms with Crippen LogP contribution in [0.25, 0.3) is 10.6 Å². The summed E-state index contributed by atoms with van der Waals surface area (Å²) in [6.07, 6.45) is 0.405. The van der Waals surface area contributed by atoms with Crippen LogP contribution in [-0.4, -0.2) is 33.8 Å². The molecule has 0 aliphatic carbocycles. The Balaban J connectivity index is 1.91. The Bertz CT molecular complexity index is 694. The summed E-state index contributed by atoms with van der Waals surface area (Å²) in [6, 6.07) is 5.69. The van der Waals surface area contributed by atoms with E-state index in [2.05, 4.69) is 26.9 Å². The maximum atomic E-state index is 11.7. The summed E-state index contributed by atoms with van der Waals surface area (Å²) in [4.78, 5) is 22.1. The number of aliphatic carboxylic acids is 1. The summed E-state index contributed by atoms with van der Waals surface area (Å²) in [7, 11) is 0. The molecule has 0 bridgehead atoms. The van der Waals surface area contributed by atoms with Crippen molar-refractivity contribution >= 4 is 28.5 Å². The summed E-state index contributed by atoms with van der Waals surface area (Å²) in [6.45, 7) is 4.32. The Kier molecular flexibility index (Phi) is 5.64. The smallest absolute Gasteiger partial charge is 0.321 e. The summed E-state index contributed by atoms with van der Waals surface area (Å²) in [5.74, 6) is -0.880. The molecule has 3 N–H and O–H groups in total. The summed E-state index contributed by atoms with van der Waals surface area (Å²) >= 11 is 1.29. The van der Waals surface area contributed by atoms with Crippen LogP contribution in [0.4, 0.5) is 9.93 Å². The molecule has 0 unspecified atom stereocenters. The SMILES string of the molecule is Cc1cc(C)cc(-c2nnc(NC(=O)NCCCC(=O)O)s2)c1. The zero-order valence-corrected chi connectivity index (χ0v) is 13.7. The van der Waals surface area contributed by atoms with Crippen LogP contribution in [0.5, 0.6) is 0 Å². The quantitative estimate of drug-likeness (QED) is 0.705. The molecular formula is C15H18N4O3S. The molecule has 7 nitrogen and oxygen atoms in total. The van der Waals surface area contributed by atoms with Crippen molar-refractivity contribution in [2.45, 2.75) is 26.7 Å². The average Bonchev–Trinajstić information content (AvgIpc) is 2.91. The van der Waals surface area contributed by atoms with E-state index in [0.717, 1.165) is 21.7 Å². The monoisotopic (exact) mass is 334 g/mol. The van der Waals surface area contributed by atoms with Gasteiger partial charge in [-0.3, -0.25) is 10.1 Å². The van der Waals surface area contributed by atoms with Crippen LogP contribution in [-0.2, 0) is 4.79 Å². The number of aryl methyl sites for hydroxylation is 2. The van der Waals surface area contributed by atoms with Crippen LogP contribution in [0.15, 0.2) is 18.2 Å². The topological polar surface area (TPSA) is 104 Å². The second-order valence-corrected chi connectivity index (χ2v) is 6.14. The van der Waals surface area contributed by atoms with E-state index in [-0.39, 0.29) is 6.42 Å². The minimum absolute atomic E-state index is 0.0238. The van der Waals surface area contributed by atoms with Crippen LogP contribution >= 0.6 is 11.3 Å². The molecule has 0 fully saturated rings. The third-order valence-corrected chi connectivity index (χ3v) is 3.85. The van der Waals surface area contributed by atoms with Crippen LogP contribution in [0.3, 0.4) is 0 Å². The largest absolute Gasteiger partial charge is 0.481 e. The van der Waals surface area contributed by atoms with Gasteiger partial charge >= 0.3 is 12.0 Å². The van der Waals surface area contributed by atoms with Crippen molar-refractivity contribution in [2.75, 3.05) is 11.9 Å². The fourth-order valence-corrected chi connectivity index (χ4v) is 2.80. The van der Waals surface area contributed by atoms with Gasteiger partial charge in [-0.2, -0.15) is 0 Å². The van der Waals surface area contributed by atoms with Gasteiger partial charge in [-0.15, -0.1) is 10.2 Å². The normalized spacial score (nSPS) is 10.3. The van der Waals surface area contributed by atoms with E-state index in [1.165, 1.54) is 11.3 Å². The molecule has 1 heterocycles. The van der Waals surface area contributed by atoms with Crippen molar-refractivity contribution in [2.24, 2.45) is 0 Å². The summed E-state index contributed by atoms with van der Waals surface area (Å²) < 4.78 is 0. The predicted octanol–water partition coefficient (Wildman–Crippen LogP) is 2.81. The first kappa shape index (κ1) is 16.9. The van der Waals surface area contributed by atoms with E-state index in [1.54, 1.807) is 0 Å². The molecule has 0 aliphatic rings. The van der Waals surface area contributed by atoms with Gasteiger partial charge in [0.05, 0.1) is 0 Å². The minimum Gasteiger partial charge on any atom is -0.481 e. The molecule has 0 saturated heterocycles. The predicted molar refractivity (Wildman–Crippen MR) is 88.7 cm³/mol. The number of benzene rings is 1. The lowest BCUT2D eigenvalue weighted by Gasteiger charge is -2.03. The van der Waals surface area contributed by atoms with Crippen molar-refractivity contribution < 1.29 is 14.7 Å². The van der Waals surface area contributed by atoms with E-state index in [9.17, 15) is 9.59 Å². The van der Waals surface area contributed by atoms with Crippen LogP contribution < -0.4 is 10.6 Å². The van der Waals surface area contributed by atoms with Gasteiger partial charge in [0, 0.05) is 18.5 Å². The molecule has 1 aromatic carbocycles. The van der Waals surface area contributed by atoms with Crippen molar-refractivity contribution in [3.63, 3.8) is 0 Å². The number of carbonyl (C=O) groups excluding carboxylic acids is 1. The fourth-order valence-electron chi connectivity index (χ4n) is 2.07. The maximum absolute atomic E-state index is 11.7. The fraction of sp³-hybridized carbons (Fsp3) is 0.333. The second-order valence-electron chi connectivity index (χ2n) is 5.17. The van der Waals surface area contributed by atoms with Gasteiger partial charge < -0.3 is 10.4 Å². The van der Waals surface area contributed by atoms with Crippen LogP contribution in [0, 0.1) is 13.8 Å². The lowest BCUT2D eigenvalue weighted by molar-refractivity contribution is -0.137. The van der Waals surface area contributed by atoms with Gasteiger partial charge in [-0.1, -0.05) is 28.5 Å². The first-order valence-corrected chi connectivity index (χ1v) is 7.94. The molecule has 2 rings (SSSR count). The molecule has 122 valence electrons. The highest BCUT2D eigenvalue weighted by molar-refractivity contribution is 7.18. The molecule has 1 aromatic heterocycles. The number of carboxylic acids is 1. The zero-order valence-electron chi connectivity index (χ0n) is 12.9. The van der Waals surface area contributed by atoms with Gasteiger partial charge in [-0.25, -0.2) is 4.79 Å². The number of nitrogens with one attached hydrogen (secondary N) is 2. The highest BCUT2D eigenvalue weighted by atomic mass is 32.1. The van der Waals surface area contributed by atoms with Crippen molar-refractivity contribution in [3.05, 3.63) is 29.3 Å². The number of rotatable bonds is 6. The molecule has 8 heteroatoms. The highest BCUT2D eigenvalue weighted by Gasteiger charge is 2.10. The molecule has 0 spiro atoms. The number of anilines is 1. The van der Waals surface area contributed by atoms with Gasteiger partial charge in [0.15, 0.2) is 0 Å². The van der Waals surface area contributed by atoms with E-state index in [4.69, 9.17) is 5.11 Å². The number of carboxylic acid groups (broad SMARTS) is 1. The maximum Gasteiger partial charge on any atom is 0.321 e. The first-order chi connectivity index (χ1) is 10.9. The van der Waals surface area contributed by atoms with Gasteiger partial charge in [0.25, 0.3) is 0 Å². The van der Waals surface area contributed by atoms with E-state index >= 15 is 0 Å². The van der Waals surface area contributed by atoms with Crippen molar-refractivity contribution in [1.29, 1.82) is 0 Å². The molecule has 0 aliphatic heterocycles. The van der Waals surface area contributed by atoms with E-state index in [0.29, 0.717) is 18.1 Å². The lowest BCUT2D eigenvalue weighted by atomic mass is 10.1. The van der Waals surface area contributed by atoms with E-state index in [1.807, 2.05) is 26.0 Å². The average molecular weight is 334 g/mol. The lowest BCUT2D eigenvalue weighted by Crippen LogP contribution is -2.29. The third-order valence-electron chi connectivity index (χ3n) is 2.97.